The minimum absolute atomic E-state index is 0.147. The van der Waals surface area contributed by atoms with Crippen LogP contribution in [0.25, 0.3) is 0 Å². The fourth-order valence-electron chi connectivity index (χ4n) is 2.77. The summed E-state index contributed by atoms with van der Waals surface area (Å²) in [5.74, 6) is 0.0568. The van der Waals surface area contributed by atoms with Crippen LogP contribution in [0, 0.1) is 0 Å². The molecule has 0 spiro atoms. The highest BCUT2D eigenvalue weighted by Gasteiger charge is 2.19. The van der Waals surface area contributed by atoms with Crippen LogP contribution in [0.5, 0.6) is 0 Å². The molecule has 0 aliphatic rings. The van der Waals surface area contributed by atoms with Crippen LogP contribution in [0.3, 0.4) is 0 Å². The van der Waals surface area contributed by atoms with E-state index >= 15 is 0 Å². The summed E-state index contributed by atoms with van der Waals surface area (Å²) in [5.41, 5.74) is 1.44. The van der Waals surface area contributed by atoms with E-state index in [0.717, 1.165) is 4.90 Å². The van der Waals surface area contributed by atoms with Crippen LogP contribution in [0.15, 0.2) is 61.1 Å². The van der Waals surface area contributed by atoms with E-state index in [2.05, 4.69) is 25.7 Å². The number of likely N-dealkylation sites (N-methyl/N-ethyl adjacent to an activating group) is 1. The molecular weight excluding hydrogens is 412 g/mol. The molecule has 0 aliphatic heterocycles. The second-order valence-electron chi connectivity index (χ2n) is 7.09. The van der Waals surface area contributed by atoms with E-state index < -0.39 is 6.09 Å². The second kappa shape index (κ2) is 10.2. The number of rotatable bonds is 8. The van der Waals surface area contributed by atoms with Gasteiger partial charge in [-0.1, -0.05) is 12.1 Å². The summed E-state index contributed by atoms with van der Waals surface area (Å²) >= 11 is 0. The number of anilines is 5. The molecule has 0 fully saturated rings. The Balaban J connectivity index is 1.81. The summed E-state index contributed by atoms with van der Waals surface area (Å²) < 4.78 is 1.62. The van der Waals surface area contributed by atoms with Crippen molar-refractivity contribution in [1.82, 2.24) is 24.6 Å². The summed E-state index contributed by atoms with van der Waals surface area (Å²) in [7, 11) is 5.58. The molecule has 2 amide bonds. The van der Waals surface area contributed by atoms with Crippen molar-refractivity contribution in [2.75, 3.05) is 36.2 Å². The van der Waals surface area contributed by atoms with Crippen molar-refractivity contribution in [3.05, 3.63) is 61.1 Å². The second-order valence-corrected chi connectivity index (χ2v) is 7.09. The smallest absolute Gasteiger partial charge is 0.417 e. The zero-order valence-corrected chi connectivity index (χ0v) is 17.9. The van der Waals surface area contributed by atoms with Crippen molar-refractivity contribution in [3.8, 4) is 0 Å². The Bertz CT molecular complexity index is 1130. The molecule has 3 rings (SSSR count). The molecule has 0 bridgehead atoms. The maximum atomic E-state index is 12.1. The highest BCUT2D eigenvalue weighted by atomic mass is 16.4. The zero-order chi connectivity index (χ0) is 23.1. The SMILES string of the molecule is CN(C)CC=CC(=O)Nc1cccc(N(C(=O)O)c2ccnc(Nc3cnn(C)c3)n2)c1. The number of hydrogen-bond donors (Lipinski definition) is 3. The highest BCUT2D eigenvalue weighted by molar-refractivity contribution is 6.00. The largest absolute Gasteiger partial charge is 0.464 e. The minimum Gasteiger partial charge on any atom is -0.464 e. The first-order valence-corrected chi connectivity index (χ1v) is 9.66. The molecule has 0 saturated heterocycles. The van der Waals surface area contributed by atoms with Crippen LogP contribution < -0.4 is 15.5 Å². The van der Waals surface area contributed by atoms with Gasteiger partial charge in [-0.25, -0.2) is 14.7 Å². The molecule has 0 radical (unpaired) electrons. The lowest BCUT2D eigenvalue weighted by molar-refractivity contribution is -0.111. The number of carbonyl (C=O) groups is 2. The van der Waals surface area contributed by atoms with Crippen molar-refractivity contribution in [3.63, 3.8) is 0 Å². The van der Waals surface area contributed by atoms with Gasteiger partial charge in [-0.3, -0.25) is 9.48 Å². The third-order valence-electron chi connectivity index (χ3n) is 4.13. The lowest BCUT2D eigenvalue weighted by Gasteiger charge is -2.19. The lowest BCUT2D eigenvalue weighted by Crippen LogP contribution is -2.25. The van der Waals surface area contributed by atoms with E-state index in [9.17, 15) is 14.7 Å². The molecule has 11 nitrogen and oxygen atoms in total. The molecule has 0 aliphatic carbocycles. The van der Waals surface area contributed by atoms with Crippen LogP contribution in [0.4, 0.5) is 33.6 Å². The normalized spacial score (nSPS) is 11.0. The van der Waals surface area contributed by atoms with Crippen molar-refractivity contribution >= 4 is 40.8 Å². The summed E-state index contributed by atoms with van der Waals surface area (Å²) in [6.45, 7) is 0.628. The first kappa shape index (κ1) is 22.4. The lowest BCUT2D eigenvalue weighted by atomic mass is 10.2. The fourth-order valence-corrected chi connectivity index (χ4v) is 2.77. The number of nitrogens with one attached hydrogen (secondary N) is 2. The number of amides is 2. The van der Waals surface area contributed by atoms with E-state index in [4.69, 9.17) is 0 Å². The van der Waals surface area contributed by atoms with Crippen LogP contribution >= 0.6 is 0 Å². The Morgan fingerprint density at radius 2 is 2.03 bits per heavy atom. The third-order valence-corrected chi connectivity index (χ3v) is 4.13. The molecule has 1 aromatic carbocycles. The number of carbonyl (C=O) groups excluding carboxylic acids is 1. The Labute approximate surface area is 185 Å². The van der Waals surface area contributed by atoms with E-state index in [0.29, 0.717) is 23.6 Å². The van der Waals surface area contributed by atoms with Gasteiger partial charge in [0.1, 0.15) is 5.82 Å². The van der Waals surface area contributed by atoms with Gasteiger partial charge in [0.05, 0.1) is 17.6 Å². The van der Waals surface area contributed by atoms with E-state index in [1.807, 2.05) is 19.0 Å². The average molecular weight is 436 g/mol. The first-order chi connectivity index (χ1) is 15.3. The summed E-state index contributed by atoms with van der Waals surface area (Å²) in [5, 5.41) is 19.6. The van der Waals surface area contributed by atoms with Crippen LogP contribution in [0.2, 0.25) is 0 Å². The fraction of sp³-hybridized carbons (Fsp3) is 0.190. The number of benzene rings is 1. The molecule has 3 aromatic rings. The van der Waals surface area contributed by atoms with Gasteiger partial charge in [0.15, 0.2) is 0 Å². The molecule has 2 aromatic heterocycles. The number of hydrogen-bond acceptors (Lipinski definition) is 7. The number of nitrogens with zero attached hydrogens (tertiary/aromatic N) is 6. The van der Waals surface area contributed by atoms with Gasteiger partial charge in [0.25, 0.3) is 0 Å². The van der Waals surface area contributed by atoms with E-state index in [-0.39, 0.29) is 17.7 Å². The maximum absolute atomic E-state index is 12.1. The molecule has 11 heteroatoms. The molecule has 0 atom stereocenters. The average Bonchev–Trinajstić information content (AvgIpc) is 3.12. The molecule has 32 heavy (non-hydrogen) atoms. The highest BCUT2D eigenvalue weighted by Crippen LogP contribution is 2.27. The van der Waals surface area contributed by atoms with Crippen LogP contribution in [-0.2, 0) is 11.8 Å². The quantitative estimate of drug-likeness (QED) is 0.460. The number of aromatic nitrogens is 4. The molecule has 0 unspecified atom stereocenters. The summed E-state index contributed by atoms with van der Waals surface area (Å²) in [6.07, 6.45) is 6.74. The van der Waals surface area contributed by atoms with E-state index in [1.54, 1.807) is 54.5 Å². The third kappa shape index (κ3) is 6.12. The van der Waals surface area contributed by atoms with Gasteiger partial charge in [0.2, 0.25) is 11.9 Å². The Hall–Kier alpha value is -4.25. The first-order valence-electron chi connectivity index (χ1n) is 9.66. The van der Waals surface area contributed by atoms with Gasteiger partial charge in [-0.05, 0) is 32.3 Å². The Kier molecular flexibility index (Phi) is 7.13. The summed E-state index contributed by atoms with van der Waals surface area (Å²) in [4.78, 5) is 35.5. The van der Waals surface area contributed by atoms with Gasteiger partial charge in [-0.2, -0.15) is 10.1 Å². The monoisotopic (exact) mass is 436 g/mol. The van der Waals surface area contributed by atoms with Gasteiger partial charge in [-0.15, -0.1) is 0 Å². The molecule has 0 saturated carbocycles. The van der Waals surface area contributed by atoms with Gasteiger partial charge < -0.3 is 20.6 Å². The van der Waals surface area contributed by atoms with Crippen LogP contribution in [0.1, 0.15) is 0 Å². The predicted octanol–water partition coefficient (Wildman–Crippen LogP) is 2.83. The Morgan fingerprint density at radius 1 is 1.22 bits per heavy atom. The van der Waals surface area contributed by atoms with E-state index in [1.165, 1.54) is 18.3 Å². The van der Waals surface area contributed by atoms with Crippen molar-refractivity contribution < 1.29 is 14.7 Å². The molecular formula is C21H24N8O3. The van der Waals surface area contributed by atoms with Crippen molar-refractivity contribution in [1.29, 1.82) is 0 Å². The summed E-state index contributed by atoms with van der Waals surface area (Å²) in [6, 6.07) is 7.99. The predicted molar refractivity (Wildman–Crippen MR) is 121 cm³/mol. The zero-order valence-electron chi connectivity index (χ0n) is 17.9. The van der Waals surface area contributed by atoms with Crippen LogP contribution in [-0.4, -0.2) is 62.4 Å². The van der Waals surface area contributed by atoms with Gasteiger partial charge >= 0.3 is 6.09 Å². The van der Waals surface area contributed by atoms with Crippen molar-refractivity contribution in [2.24, 2.45) is 7.05 Å². The van der Waals surface area contributed by atoms with Crippen molar-refractivity contribution in [2.45, 2.75) is 0 Å². The molecule has 166 valence electrons. The number of aryl methyl sites for hydroxylation is 1. The topological polar surface area (TPSA) is 129 Å². The standard InChI is InChI=1S/C21H24N8O3/c1-27(2)11-5-8-19(30)24-15-6-4-7-17(12-15)29(21(31)32)18-9-10-22-20(26-18)25-16-13-23-28(3)14-16/h4-10,12-14H,11H2,1-3H3,(H,24,30)(H,31,32)(H,22,25,26). The van der Waals surface area contributed by atoms with Gasteiger partial charge in [0, 0.05) is 43.8 Å². The number of carboxylic acid groups (broad SMARTS) is 1. The molecule has 3 N–H and O–H groups in total. The Morgan fingerprint density at radius 3 is 2.72 bits per heavy atom. The molecule has 2 heterocycles. The minimum atomic E-state index is -1.23. The maximum Gasteiger partial charge on any atom is 0.417 e.